The second-order valence-corrected chi connectivity index (χ2v) is 8.06. The topological polar surface area (TPSA) is 81.5 Å². The molecular weight excluding hydrogens is 388 g/mol. The summed E-state index contributed by atoms with van der Waals surface area (Å²) in [6.07, 6.45) is 0. The second kappa shape index (κ2) is 7.81. The first kappa shape index (κ1) is 19.4. The molecule has 2 atom stereocenters. The molecule has 150 valence electrons. The van der Waals surface area contributed by atoms with Crippen LogP contribution in [0.5, 0.6) is 11.5 Å². The summed E-state index contributed by atoms with van der Waals surface area (Å²) < 4.78 is 11.8. The molecule has 2 heterocycles. The molecule has 0 aliphatic heterocycles. The number of rotatable bonds is 6. The summed E-state index contributed by atoms with van der Waals surface area (Å²) >= 11 is 1.70. The lowest BCUT2D eigenvalue weighted by molar-refractivity contribution is -0.924. The van der Waals surface area contributed by atoms with Gasteiger partial charge in [0, 0.05) is 6.07 Å². The maximum atomic E-state index is 12.6. The van der Waals surface area contributed by atoms with Gasteiger partial charge in [-0.1, -0.05) is 12.1 Å². The highest BCUT2D eigenvalue weighted by Crippen LogP contribution is 2.30. The summed E-state index contributed by atoms with van der Waals surface area (Å²) in [7, 11) is 5.19. The second-order valence-electron chi connectivity index (χ2n) is 7.00. The number of H-pyrrole nitrogens is 1. The SMILES string of the molecule is COc1cc2nc(C[NH+](C)[C@H](C)c3nc4ccccc4s3)[nH]c(=O)c2cc1OC. The first-order chi connectivity index (χ1) is 14.0. The van der Waals surface area contributed by atoms with Crippen molar-refractivity contribution in [3.63, 3.8) is 0 Å². The molecule has 7 nitrogen and oxygen atoms in total. The van der Waals surface area contributed by atoms with Crippen LogP contribution >= 0.6 is 11.3 Å². The van der Waals surface area contributed by atoms with E-state index in [2.05, 4.69) is 30.0 Å². The number of hydrogen-bond acceptors (Lipinski definition) is 6. The van der Waals surface area contributed by atoms with Crippen LogP contribution in [0.3, 0.4) is 0 Å². The summed E-state index contributed by atoms with van der Waals surface area (Å²) in [6.45, 7) is 2.71. The van der Waals surface area contributed by atoms with Gasteiger partial charge in [-0.2, -0.15) is 0 Å². The van der Waals surface area contributed by atoms with E-state index < -0.39 is 0 Å². The molecule has 0 aliphatic carbocycles. The largest absolute Gasteiger partial charge is 0.493 e. The molecule has 0 radical (unpaired) electrons. The fraction of sp³-hybridized carbons (Fsp3) is 0.286. The molecule has 0 bridgehead atoms. The Kier molecular flexibility index (Phi) is 5.21. The van der Waals surface area contributed by atoms with Crippen LogP contribution in [-0.4, -0.2) is 36.2 Å². The molecule has 0 saturated heterocycles. The molecule has 29 heavy (non-hydrogen) atoms. The van der Waals surface area contributed by atoms with Gasteiger partial charge in [0.15, 0.2) is 22.3 Å². The number of hydrogen-bond donors (Lipinski definition) is 2. The highest BCUT2D eigenvalue weighted by Gasteiger charge is 2.21. The van der Waals surface area contributed by atoms with Crippen molar-refractivity contribution in [2.45, 2.75) is 19.5 Å². The monoisotopic (exact) mass is 411 g/mol. The van der Waals surface area contributed by atoms with Crippen LogP contribution in [0.4, 0.5) is 0 Å². The van der Waals surface area contributed by atoms with E-state index in [9.17, 15) is 4.79 Å². The summed E-state index contributed by atoms with van der Waals surface area (Å²) in [5, 5.41) is 1.54. The molecular formula is C21H23N4O3S+. The summed E-state index contributed by atoms with van der Waals surface area (Å²) in [4.78, 5) is 26.1. The zero-order valence-corrected chi connectivity index (χ0v) is 17.6. The van der Waals surface area contributed by atoms with Gasteiger partial charge >= 0.3 is 0 Å². The van der Waals surface area contributed by atoms with Crippen molar-refractivity contribution >= 4 is 32.5 Å². The summed E-state index contributed by atoms with van der Waals surface area (Å²) in [6, 6.07) is 11.7. The predicted molar refractivity (Wildman–Crippen MR) is 114 cm³/mol. The minimum Gasteiger partial charge on any atom is -0.493 e. The fourth-order valence-electron chi connectivity index (χ4n) is 3.30. The van der Waals surface area contributed by atoms with Crippen LogP contribution in [-0.2, 0) is 6.54 Å². The van der Waals surface area contributed by atoms with E-state index in [1.807, 2.05) is 18.2 Å². The standard InChI is InChI=1S/C21H22N4O3S/c1-12(21-23-14-7-5-6-8-18(14)29-21)25(2)11-19-22-15-10-17(28-4)16(27-3)9-13(15)20(26)24-19/h5-10,12H,11H2,1-4H3,(H,22,24,26)/p+1/t12-/m1/s1. The van der Waals surface area contributed by atoms with E-state index in [1.54, 1.807) is 37.7 Å². The number of methoxy groups -OCH3 is 2. The number of nitrogens with one attached hydrogen (secondary N) is 2. The third-order valence-corrected chi connectivity index (χ3v) is 6.35. The van der Waals surface area contributed by atoms with E-state index in [1.165, 1.54) is 9.60 Å². The van der Waals surface area contributed by atoms with Crippen LogP contribution in [0.2, 0.25) is 0 Å². The number of ether oxygens (including phenoxy) is 2. The number of fused-ring (bicyclic) bond motifs is 2. The Hall–Kier alpha value is -2.97. The molecule has 4 rings (SSSR count). The average molecular weight is 412 g/mol. The molecule has 4 aromatic rings. The van der Waals surface area contributed by atoms with Crippen LogP contribution < -0.4 is 19.9 Å². The van der Waals surface area contributed by atoms with Gasteiger partial charge in [-0.25, -0.2) is 9.97 Å². The molecule has 1 unspecified atom stereocenters. The number of aromatic nitrogens is 3. The highest BCUT2D eigenvalue weighted by molar-refractivity contribution is 7.18. The average Bonchev–Trinajstić information content (AvgIpc) is 3.16. The lowest BCUT2D eigenvalue weighted by Gasteiger charge is -2.19. The van der Waals surface area contributed by atoms with Crippen molar-refractivity contribution in [3.8, 4) is 11.5 Å². The Bertz CT molecular complexity index is 1200. The van der Waals surface area contributed by atoms with Crippen molar-refractivity contribution in [2.75, 3.05) is 21.3 Å². The zero-order valence-electron chi connectivity index (χ0n) is 16.8. The van der Waals surface area contributed by atoms with Crippen molar-refractivity contribution in [1.29, 1.82) is 0 Å². The Balaban J connectivity index is 1.63. The number of para-hydroxylation sites is 1. The number of quaternary nitrogens is 1. The minimum absolute atomic E-state index is 0.166. The van der Waals surface area contributed by atoms with E-state index in [0.717, 1.165) is 10.5 Å². The van der Waals surface area contributed by atoms with Crippen molar-refractivity contribution in [1.82, 2.24) is 15.0 Å². The van der Waals surface area contributed by atoms with E-state index in [0.29, 0.717) is 34.8 Å². The predicted octanol–water partition coefficient (Wildman–Crippen LogP) is 2.33. The van der Waals surface area contributed by atoms with Gasteiger partial charge in [0.25, 0.3) is 5.56 Å². The molecule has 8 heteroatoms. The Morgan fingerprint density at radius 2 is 1.83 bits per heavy atom. The Labute approximate surface area is 171 Å². The van der Waals surface area contributed by atoms with E-state index in [4.69, 9.17) is 14.5 Å². The maximum Gasteiger partial charge on any atom is 0.259 e. The number of benzene rings is 2. The van der Waals surface area contributed by atoms with Crippen molar-refractivity contribution in [3.05, 3.63) is 57.6 Å². The van der Waals surface area contributed by atoms with Gasteiger partial charge in [-0.3, -0.25) is 4.79 Å². The number of nitrogens with zero attached hydrogens (tertiary/aromatic N) is 2. The third-order valence-electron chi connectivity index (χ3n) is 5.13. The first-order valence-corrected chi connectivity index (χ1v) is 10.1. The van der Waals surface area contributed by atoms with Crippen LogP contribution in [0, 0.1) is 0 Å². The van der Waals surface area contributed by atoms with Gasteiger partial charge in [0.2, 0.25) is 0 Å². The van der Waals surface area contributed by atoms with E-state index in [-0.39, 0.29) is 11.6 Å². The molecule has 0 fully saturated rings. The third kappa shape index (κ3) is 3.68. The molecule has 2 aromatic heterocycles. The highest BCUT2D eigenvalue weighted by atomic mass is 32.1. The number of thiazole rings is 1. The van der Waals surface area contributed by atoms with Crippen LogP contribution in [0.1, 0.15) is 23.8 Å². The normalized spacial score (nSPS) is 13.5. The van der Waals surface area contributed by atoms with Gasteiger partial charge in [-0.05, 0) is 25.1 Å². The first-order valence-electron chi connectivity index (χ1n) is 9.33. The van der Waals surface area contributed by atoms with Gasteiger partial charge < -0.3 is 19.4 Å². The van der Waals surface area contributed by atoms with Crippen molar-refractivity contribution < 1.29 is 14.4 Å². The molecule has 0 spiro atoms. The smallest absolute Gasteiger partial charge is 0.259 e. The Morgan fingerprint density at radius 3 is 2.55 bits per heavy atom. The van der Waals surface area contributed by atoms with Gasteiger partial charge in [0.1, 0.15) is 12.6 Å². The van der Waals surface area contributed by atoms with Crippen LogP contribution in [0.25, 0.3) is 21.1 Å². The molecule has 2 N–H and O–H groups in total. The molecule has 0 saturated carbocycles. The number of aromatic amines is 1. The van der Waals surface area contributed by atoms with Gasteiger partial charge in [-0.15, -0.1) is 11.3 Å². The zero-order chi connectivity index (χ0) is 20.5. The molecule has 2 aromatic carbocycles. The van der Waals surface area contributed by atoms with E-state index >= 15 is 0 Å². The lowest BCUT2D eigenvalue weighted by Crippen LogP contribution is -3.07. The van der Waals surface area contributed by atoms with Gasteiger partial charge in [0.05, 0.1) is 42.4 Å². The Morgan fingerprint density at radius 1 is 1.10 bits per heavy atom. The molecule has 0 aliphatic rings. The molecule has 0 amide bonds. The fourth-order valence-corrected chi connectivity index (χ4v) is 4.41. The van der Waals surface area contributed by atoms with Crippen LogP contribution in [0.15, 0.2) is 41.2 Å². The lowest BCUT2D eigenvalue weighted by atomic mass is 10.2. The minimum atomic E-state index is -0.189. The summed E-state index contributed by atoms with van der Waals surface area (Å²) in [5.41, 5.74) is 1.42. The summed E-state index contributed by atoms with van der Waals surface area (Å²) in [5.74, 6) is 1.68. The quantitative estimate of drug-likeness (QED) is 0.509. The van der Waals surface area contributed by atoms with Crippen molar-refractivity contribution in [2.24, 2.45) is 0 Å². The maximum absolute atomic E-state index is 12.6.